The third-order valence-corrected chi connectivity index (χ3v) is 4.42. The van der Waals surface area contributed by atoms with Crippen molar-refractivity contribution < 1.29 is 13.9 Å². The van der Waals surface area contributed by atoms with Crippen LogP contribution in [0, 0.1) is 5.82 Å². The molecule has 3 aromatic heterocycles. The number of H-pyrrole nitrogens is 1. The number of aromatic nitrogens is 5. The van der Waals surface area contributed by atoms with E-state index in [1.165, 1.54) is 12.1 Å². The lowest BCUT2D eigenvalue weighted by Gasteiger charge is -2.17. The van der Waals surface area contributed by atoms with Crippen LogP contribution in [-0.2, 0) is 9.53 Å². The molecule has 148 valence electrons. The van der Waals surface area contributed by atoms with Crippen LogP contribution in [0.2, 0.25) is 0 Å². The van der Waals surface area contributed by atoms with Crippen molar-refractivity contribution in [2.45, 2.75) is 19.3 Å². The zero-order chi connectivity index (χ0) is 20.2. The summed E-state index contributed by atoms with van der Waals surface area (Å²) in [6, 6.07) is 11.5. The summed E-state index contributed by atoms with van der Waals surface area (Å²) in [5.41, 5.74) is 1.48. The van der Waals surface area contributed by atoms with Crippen LogP contribution in [0.15, 0.2) is 54.9 Å². The number of rotatable bonds is 7. The summed E-state index contributed by atoms with van der Waals surface area (Å²) in [7, 11) is 0. The van der Waals surface area contributed by atoms with Gasteiger partial charge in [0.2, 0.25) is 0 Å². The highest BCUT2D eigenvalue weighted by atomic mass is 19.1. The van der Waals surface area contributed by atoms with Gasteiger partial charge in [0.25, 0.3) is 0 Å². The summed E-state index contributed by atoms with van der Waals surface area (Å²) in [5.74, 6) is 0.411. The average Bonchev–Trinajstić information content (AvgIpc) is 3.39. The number of fused-ring (bicyclic) bond motifs is 1. The zero-order valence-electron chi connectivity index (χ0n) is 15.7. The van der Waals surface area contributed by atoms with Crippen molar-refractivity contribution in [2.24, 2.45) is 0 Å². The van der Waals surface area contributed by atoms with Crippen molar-refractivity contribution in [3.63, 3.8) is 0 Å². The minimum absolute atomic E-state index is 0.0374. The maximum absolute atomic E-state index is 13.4. The molecule has 29 heavy (non-hydrogen) atoms. The van der Waals surface area contributed by atoms with E-state index in [1.54, 1.807) is 42.0 Å². The molecule has 0 radical (unpaired) electrons. The molecule has 0 amide bonds. The van der Waals surface area contributed by atoms with Crippen LogP contribution in [-0.4, -0.2) is 37.4 Å². The lowest BCUT2D eigenvalue weighted by Crippen LogP contribution is -2.16. The number of anilines is 2. The predicted octanol–water partition coefficient (Wildman–Crippen LogP) is 3.42. The molecule has 0 aliphatic rings. The second kappa shape index (κ2) is 8.09. The van der Waals surface area contributed by atoms with E-state index >= 15 is 0 Å². The highest BCUT2D eigenvalue weighted by molar-refractivity contribution is 5.73. The summed E-state index contributed by atoms with van der Waals surface area (Å²) < 4.78 is 20.2. The number of carbonyl (C=O) groups excluding carboxylic acids is 1. The number of esters is 1. The van der Waals surface area contributed by atoms with Crippen molar-refractivity contribution >= 4 is 23.1 Å². The molecule has 8 nitrogen and oxygen atoms in total. The summed E-state index contributed by atoms with van der Waals surface area (Å²) in [4.78, 5) is 16.9. The van der Waals surface area contributed by atoms with Gasteiger partial charge in [-0.05, 0) is 36.8 Å². The number of carbonyl (C=O) groups is 1. The molecular formula is C20H19FN6O2. The Hall–Kier alpha value is -3.75. The number of nitrogens with zero attached hydrogens (tertiary/aromatic N) is 4. The van der Waals surface area contributed by atoms with Crippen molar-refractivity contribution in [3.8, 4) is 0 Å². The van der Waals surface area contributed by atoms with Gasteiger partial charge in [-0.15, -0.1) is 0 Å². The van der Waals surface area contributed by atoms with Gasteiger partial charge in [-0.25, -0.2) is 13.9 Å². The van der Waals surface area contributed by atoms with Gasteiger partial charge in [0, 0.05) is 12.3 Å². The van der Waals surface area contributed by atoms with Gasteiger partial charge in [-0.3, -0.25) is 9.89 Å². The number of halogens is 1. The molecule has 0 spiro atoms. The molecule has 0 saturated heterocycles. The van der Waals surface area contributed by atoms with Crippen molar-refractivity contribution in [3.05, 3.63) is 72.1 Å². The molecule has 4 rings (SSSR count). The lowest BCUT2D eigenvalue weighted by molar-refractivity contribution is -0.143. The van der Waals surface area contributed by atoms with Crippen LogP contribution in [0.3, 0.4) is 0 Å². The molecular weight excluding hydrogens is 375 g/mol. The zero-order valence-corrected chi connectivity index (χ0v) is 15.7. The number of aromatic amines is 1. The summed E-state index contributed by atoms with van der Waals surface area (Å²) in [5, 5.41) is 14.5. The van der Waals surface area contributed by atoms with Gasteiger partial charge in [0.15, 0.2) is 11.6 Å². The van der Waals surface area contributed by atoms with Gasteiger partial charge >= 0.3 is 5.97 Å². The minimum Gasteiger partial charge on any atom is -0.466 e. The Kier molecular flexibility index (Phi) is 5.19. The quantitative estimate of drug-likeness (QED) is 0.466. The van der Waals surface area contributed by atoms with Crippen LogP contribution in [0.5, 0.6) is 0 Å². The highest BCUT2D eigenvalue weighted by Gasteiger charge is 2.24. The Bertz CT molecular complexity index is 1110. The largest absolute Gasteiger partial charge is 0.466 e. The van der Waals surface area contributed by atoms with E-state index in [-0.39, 0.29) is 24.8 Å². The Balaban J connectivity index is 1.78. The summed E-state index contributed by atoms with van der Waals surface area (Å²) in [6.45, 7) is 2.03. The first-order valence-electron chi connectivity index (χ1n) is 9.17. The monoisotopic (exact) mass is 394 g/mol. The van der Waals surface area contributed by atoms with E-state index in [9.17, 15) is 9.18 Å². The van der Waals surface area contributed by atoms with Crippen LogP contribution >= 0.6 is 0 Å². The van der Waals surface area contributed by atoms with Gasteiger partial charge in [-0.1, -0.05) is 12.1 Å². The first kappa shape index (κ1) is 18.6. The smallest absolute Gasteiger partial charge is 0.306 e. The number of hydrogen-bond acceptors (Lipinski definition) is 6. The maximum atomic E-state index is 13.4. The first-order valence-corrected chi connectivity index (χ1v) is 9.17. The van der Waals surface area contributed by atoms with Crippen LogP contribution in [0.25, 0.3) is 5.52 Å². The standard InChI is InChI=1S/C20H19FN6O2/c1-2-29-18(28)12-15(13-5-7-14(21)8-6-13)19-24-20(23-17-9-10-22-25-17)16-4-3-11-27(16)26-19/h3-11,15H,2,12H2,1H3,(H2,22,23,24,25,26). The fraction of sp³-hybridized carbons (Fsp3) is 0.200. The molecule has 1 atom stereocenters. The molecule has 2 N–H and O–H groups in total. The number of nitrogens with one attached hydrogen (secondary N) is 2. The second-order valence-electron chi connectivity index (χ2n) is 6.37. The van der Waals surface area contributed by atoms with Crippen LogP contribution < -0.4 is 5.32 Å². The predicted molar refractivity (Wildman–Crippen MR) is 104 cm³/mol. The molecule has 0 saturated carbocycles. The van der Waals surface area contributed by atoms with E-state index < -0.39 is 5.92 Å². The number of ether oxygens (including phenoxy) is 1. The molecule has 3 heterocycles. The number of hydrogen-bond donors (Lipinski definition) is 2. The normalized spacial score (nSPS) is 12.1. The molecule has 0 aliphatic heterocycles. The fourth-order valence-corrected chi connectivity index (χ4v) is 3.08. The molecule has 1 aromatic carbocycles. The Morgan fingerprint density at radius 2 is 2.10 bits per heavy atom. The van der Waals surface area contributed by atoms with E-state index in [2.05, 4.69) is 25.6 Å². The first-order chi connectivity index (χ1) is 14.1. The number of benzene rings is 1. The Morgan fingerprint density at radius 3 is 2.83 bits per heavy atom. The summed E-state index contributed by atoms with van der Waals surface area (Å²) in [6.07, 6.45) is 3.46. The topological polar surface area (TPSA) is 97.2 Å². The molecule has 9 heteroatoms. The third kappa shape index (κ3) is 4.08. The van der Waals surface area contributed by atoms with Crippen LogP contribution in [0.4, 0.5) is 16.0 Å². The minimum atomic E-state index is -0.497. The molecule has 0 fully saturated rings. The van der Waals surface area contributed by atoms with E-state index in [0.29, 0.717) is 17.5 Å². The van der Waals surface area contributed by atoms with Crippen LogP contribution in [0.1, 0.15) is 30.7 Å². The fourth-order valence-electron chi connectivity index (χ4n) is 3.08. The van der Waals surface area contributed by atoms with Crippen molar-refractivity contribution in [1.29, 1.82) is 0 Å². The van der Waals surface area contributed by atoms with E-state index in [1.807, 2.05) is 12.1 Å². The van der Waals surface area contributed by atoms with Gasteiger partial charge < -0.3 is 10.1 Å². The second-order valence-corrected chi connectivity index (χ2v) is 6.37. The SMILES string of the molecule is CCOC(=O)CC(c1ccc(F)cc1)c1nc(Nc2ccn[nH]2)c2cccn2n1. The molecule has 1 unspecified atom stereocenters. The molecule has 0 bridgehead atoms. The van der Waals surface area contributed by atoms with Crippen molar-refractivity contribution in [2.75, 3.05) is 11.9 Å². The van der Waals surface area contributed by atoms with Crippen molar-refractivity contribution in [1.82, 2.24) is 24.8 Å². The average molecular weight is 394 g/mol. The van der Waals surface area contributed by atoms with E-state index in [0.717, 1.165) is 11.1 Å². The van der Waals surface area contributed by atoms with Gasteiger partial charge in [0.1, 0.15) is 17.2 Å². The maximum Gasteiger partial charge on any atom is 0.306 e. The van der Waals surface area contributed by atoms with Gasteiger partial charge in [0.05, 0.1) is 25.1 Å². The molecule has 0 aliphatic carbocycles. The lowest BCUT2D eigenvalue weighted by atomic mass is 9.95. The Morgan fingerprint density at radius 1 is 1.28 bits per heavy atom. The Labute approximate surface area is 165 Å². The third-order valence-electron chi connectivity index (χ3n) is 4.42. The highest BCUT2D eigenvalue weighted by Crippen LogP contribution is 2.29. The summed E-state index contributed by atoms with van der Waals surface area (Å²) >= 11 is 0. The van der Waals surface area contributed by atoms with Gasteiger partial charge in [-0.2, -0.15) is 10.2 Å². The molecule has 4 aromatic rings. The van der Waals surface area contributed by atoms with E-state index in [4.69, 9.17) is 4.74 Å².